The van der Waals surface area contributed by atoms with Gasteiger partial charge in [0, 0.05) is 38.3 Å². The van der Waals surface area contributed by atoms with E-state index in [1.807, 2.05) is 12.4 Å². The van der Waals surface area contributed by atoms with Crippen molar-refractivity contribution in [1.29, 1.82) is 0 Å². The number of aromatic nitrogens is 2. The molecule has 2 saturated carbocycles. The highest BCUT2D eigenvalue weighted by Gasteiger charge is 2.43. The number of rotatable bonds is 8. The van der Waals surface area contributed by atoms with Crippen molar-refractivity contribution in [3.8, 4) is 0 Å². The van der Waals surface area contributed by atoms with Crippen LogP contribution in [0, 0.1) is 17.8 Å². The summed E-state index contributed by atoms with van der Waals surface area (Å²) in [6.07, 6.45) is 13.2. The van der Waals surface area contributed by atoms with Crippen molar-refractivity contribution in [2.45, 2.75) is 57.4 Å². The Morgan fingerprint density at radius 2 is 2.12 bits per heavy atom. The quantitative estimate of drug-likeness (QED) is 0.743. The van der Waals surface area contributed by atoms with Crippen LogP contribution in [0.15, 0.2) is 12.4 Å². The summed E-state index contributed by atoms with van der Waals surface area (Å²) in [5.41, 5.74) is 1.19. The zero-order valence-electron chi connectivity index (χ0n) is 15.0. The monoisotopic (exact) mass is 366 g/mol. The topological polar surface area (TPSA) is 61.0 Å². The first kappa shape index (κ1) is 18.7. The maximum atomic E-state index is 12.4. The molecule has 3 aliphatic rings. The maximum absolute atomic E-state index is 12.4. The molecule has 2 atom stereocenters. The lowest BCUT2D eigenvalue weighted by Gasteiger charge is -2.30. The van der Waals surface area contributed by atoms with Gasteiger partial charge in [0.25, 0.3) is 0 Å². The number of carbonyl (C=O) groups is 1. The van der Waals surface area contributed by atoms with Crippen molar-refractivity contribution in [2.75, 3.05) is 19.6 Å². The summed E-state index contributed by atoms with van der Waals surface area (Å²) in [7, 11) is 0. The van der Waals surface area contributed by atoms with Gasteiger partial charge in [-0.15, -0.1) is 12.4 Å². The van der Waals surface area contributed by atoms with E-state index in [9.17, 15) is 4.79 Å². The number of carbonyl (C=O) groups excluding carboxylic acids is 1. The van der Waals surface area contributed by atoms with E-state index in [0.29, 0.717) is 18.4 Å². The summed E-state index contributed by atoms with van der Waals surface area (Å²) in [6.45, 7) is 3.54. The second-order valence-electron chi connectivity index (χ2n) is 8.15. The molecule has 0 bridgehead atoms. The second kappa shape index (κ2) is 8.54. The molecule has 25 heavy (non-hydrogen) atoms. The lowest BCUT2D eigenvalue weighted by atomic mass is 9.85. The number of nitrogens with one attached hydrogen (secondary N) is 2. The molecule has 1 saturated heterocycles. The van der Waals surface area contributed by atoms with Crippen LogP contribution in [0.25, 0.3) is 0 Å². The minimum atomic E-state index is 0. The molecule has 0 aromatic carbocycles. The van der Waals surface area contributed by atoms with Crippen LogP contribution in [0.5, 0.6) is 0 Å². The van der Waals surface area contributed by atoms with Crippen LogP contribution in [-0.4, -0.2) is 46.7 Å². The Balaban J connectivity index is 0.00000182. The van der Waals surface area contributed by atoms with E-state index in [2.05, 4.69) is 20.4 Å². The van der Waals surface area contributed by atoms with E-state index in [1.165, 1.54) is 50.8 Å². The fraction of sp³-hybridized carbons (Fsp3) is 0.789. The van der Waals surface area contributed by atoms with Gasteiger partial charge in [-0.25, -0.2) is 0 Å². The number of aryl methyl sites for hydroxylation is 1. The third-order valence-corrected chi connectivity index (χ3v) is 6.18. The van der Waals surface area contributed by atoms with Gasteiger partial charge in [-0.05, 0) is 61.8 Å². The Morgan fingerprint density at radius 3 is 2.76 bits per heavy atom. The van der Waals surface area contributed by atoms with E-state index < -0.39 is 0 Å². The van der Waals surface area contributed by atoms with E-state index in [-0.39, 0.29) is 18.3 Å². The zero-order valence-corrected chi connectivity index (χ0v) is 15.8. The first-order valence-electron chi connectivity index (χ1n) is 9.77. The molecule has 0 unspecified atom stereocenters. The Hall–Kier alpha value is -1.07. The SMILES string of the molecule is Cl.O=C(CCCc1cn[nH]c1)N[C@H]1CN(CC2CCC2)C[C@@H]1C1CC1. The molecule has 0 spiro atoms. The molecule has 1 amide bonds. The van der Waals surface area contributed by atoms with E-state index in [0.717, 1.165) is 31.2 Å². The summed E-state index contributed by atoms with van der Waals surface area (Å²) in [5, 5.41) is 10.1. The fourth-order valence-electron chi connectivity index (χ4n) is 4.40. The van der Waals surface area contributed by atoms with Gasteiger partial charge in [-0.2, -0.15) is 5.10 Å². The van der Waals surface area contributed by atoms with Crippen molar-refractivity contribution in [3.63, 3.8) is 0 Å². The molecule has 2 aliphatic carbocycles. The van der Waals surface area contributed by atoms with Crippen LogP contribution in [0.3, 0.4) is 0 Å². The lowest BCUT2D eigenvalue weighted by Crippen LogP contribution is -2.41. The van der Waals surface area contributed by atoms with Crippen LogP contribution >= 0.6 is 12.4 Å². The molecular weight excluding hydrogens is 336 g/mol. The van der Waals surface area contributed by atoms with Crippen molar-refractivity contribution < 1.29 is 4.79 Å². The fourth-order valence-corrected chi connectivity index (χ4v) is 4.40. The molecule has 4 rings (SSSR count). The average molecular weight is 367 g/mol. The minimum absolute atomic E-state index is 0. The lowest BCUT2D eigenvalue weighted by molar-refractivity contribution is -0.122. The van der Waals surface area contributed by atoms with Crippen molar-refractivity contribution in [2.24, 2.45) is 17.8 Å². The number of likely N-dealkylation sites (tertiary alicyclic amines) is 1. The van der Waals surface area contributed by atoms with Crippen LogP contribution in [0.4, 0.5) is 0 Å². The molecule has 3 fully saturated rings. The van der Waals surface area contributed by atoms with E-state index >= 15 is 0 Å². The smallest absolute Gasteiger partial charge is 0.220 e. The van der Waals surface area contributed by atoms with Crippen LogP contribution in [-0.2, 0) is 11.2 Å². The normalized spacial score (nSPS) is 26.9. The number of H-pyrrole nitrogens is 1. The van der Waals surface area contributed by atoms with Gasteiger partial charge in [0.2, 0.25) is 5.91 Å². The highest BCUT2D eigenvalue weighted by Crippen LogP contribution is 2.42. The first-order valence-corrected chi connectivity index (χ1v) is 9.77. The van der Waals surface area contributed by atoms with Crippen LogP contribution < -0.4 is 5.32 Å². The molecule has 140 valence electrons. The predicted octanol–water partition coefficient (Wildman–Crippen LogP) is 2.78. The molecule has 1 aromatic heterocycles. The summed E-state index contributed by atoms with van der Waals surface area (Å²) in [6, 6.07) is 0.388. The van der Waals surface area contributed by atoms with Gasteiger partial charge in [0.05, 0.1) is 6.20 Å². The van der Waals surface area contributed by atoms with E-state index in [1.54, 1.807) is 0 Å². The number of hydrogen-bond acceptors (Lipinski definition) is 3. The third-order valence-electron chi connectivity index (χ3n) is 6.18. The standard InChI is InChI=1S/C19H30N4O.ClH/c24-19(6-2-5-15-9-20-21-10-15)22-18-13-23(11-14-3-1-4-14)12-17(18)16-7-8-16;/h9-10,14,16-18H,1-8,11-13H2,(H,20,21)(H,22,24);1H/t17-,18+;/m1./s1. The molecular formula is C19H31ClN4O. The van der Waals surface area contributed by atoms with Crippen LogP contribution in [0.1, 0.15) is 50.5 Å². The predicted molar refractivity (Wildman–Crippen MR) is 101 cm³/mol. The largest absolute Gasteiger partial charge is 0.352 e. The number of halogens is 1. The maximum Gasteiger partial charge on any atom is 0.220 e. The Kier molecular flexibility index (Phi) is 6.39. The summed E-state index contributed by atoms with van der Waals surface area (Å²) in [5.74, 6) is 2.73. The van der Waals surface area contributed by atoms with Crippen molar-refractivity contribution in [1.82, 2.24) is 20.4 Å². The zero-order chi connectivity index (χ0) is 16.4. The van der Waals surface area contributed by atoms with Gasteiger partial charge < -0.3 is 10.2 Å². The molecule has 2 N–H and O–H groups in total. The third kappa shape index (κ3) is 4.98. The molecule has 1 aromatic rings. The number of nitrogens with zero attached hydrogens (tertiary/aromatic N) is 2. The minimum Gasteiger partial charge on any atom is -0.352 e. The van der Waals surface area contributed by atoms with Gasteiger partial charge in [-0.1, -0.05) is 6.42 Å². The van der Waals surface area contributed by atoms with Crippen molar-refractivity contribution in [3.05, 3.63) is 18.0 Å². The molecule has 5 nitrogen and oxygen atoms in total. The Labute approximate surface area is 156 Å². The van der Waals surface area contributed by atoms with Gasteiger partial charge >= 0.3 is 0 Å². The highest BCUT2D eigenvalue weighted by molar-refractivity contribution is 5.85. The molecule has 1 aliphatic heterocycles. The van der Waals surface area contributed by atoms with Gasteiger partial charge in [0.1, 0.15) is 0 Å². The molecule has 0 radical (unpaired) electrons. The van der Waals surface area contributed by atoms with Crippen molar-refractivity contribution >= 4 is 18.3 Å². The summed E-state index contributed by atoms with van der Waals surface area (Å²) >= 11 is 0. The van der Waals surface area contributed by atoms with E-state index in [4.69, 9.17) is 0 Å². The second-order valence-corrected chi connectivity index (χ2v) is 8.15. The molecule has 2 heterocycles. The molecule has 6 heteroatoms. The summed E-state index contributed by atoms with van der Waals surface area (Å²) < 4.78 is 0. The first-order chi connectivity index (χ1) is 11.8. The Bertz CT molecular complexity index is 542. The van der Waals surface area contributed by atoms with Crippen LogP contribution in [0.2, 0.25) is 0 Å². The summed E-state index contributed by atoms with van der Waals surface area (Å²) in [4.78, 5) is 15.0. The van der Waals surface area contributed by atoms with Gasteiger partial charge in [0.15, 0.2) is 0 Å². The number of aromatic amines is 1. The number of hydrogen-bond donors (Lipinski definition) is 2. The van der Waals surface area contributed by atoms with Gasteiger partial charge in [-0.3, -0.25) is 9.89 Å². The highest BCUT2D eigenvalue weighted by atomic mass is 35.5. The average Bonchev–Trinajstić information content (AvgIpc) is 3.08. The number of amides is 1. The Morgan fingerprint density at radius 1 is 1.28 bits per heavy atom.